The van der Waals surface area contributed by atoms with Crippen LogP contribution in [-0.4, -0.2) is 29.6 Å². The van der Waals surface area contributed by atoms with Gasteiger partial charge in [0.2, 0.25) is 0 Å². The van der Waals surface area contributed by atoms with Crippen molar-refractivity contribution in [1.82, 2.24) is 5.32 Å². The average molecular weight is 236 g/mol. The van der Waals surface area contributed by atoms with Crippen molar-refractivity contribution in [2.75, 3.05) is 11.9 Å². The summed E-state index contributed by atoms with van der Waals surface area (Å²) in [5, 5.41) is 13.9. The zero-order valence-electron chi connectivity index (χ0n) is 9.86. The average Bonchev–Trinajstić information content (AvgIpc) is 2.25. The van der Waals surface area contributed by atoms with Crippen molar-refractivity contribution < 1.29 is 14.7 Å². The smallest absolute Gasteiger partial charge is 0.322 e. The van der Waals surface area contributed by atoms with Crippen molar-refractivity contribution in [3.8, 4) is 0 Å². The quantitative estimate of drug-likeness (QED) is 0.720. The maximum absolute atomic E-state index is 11.6. The van der Waals surface area contributed by atoms with Crippen LogP contribution in [0.2, 0.25) is 0 Å². The summed E-state index contributed by atoms with van der Waals surface area (Å²) in [6.07, 6.45) is 0. The summed E-state index contributed by atoms with van der Waals surface area (Å²) >= 11 is 0. The molecule has 0 heterocycles. The third kappa shape index (κ3) is 4.55. The molecule has 1 aromatic carbocycles. The number of amides is 1. The molecular weight excluding hydrogens is 220 g/mol. The van der Waals surface area contributed by atoms with E-state index in [0.717, 1.165) is 5.69 Å². The number of carbonyl (C=O) groups excluding carboxylic acids is 1. The molecule has 0 aliphatic rings. The Morgan fingerprint density at radius 2 is 2.06 bits per heavy atom. The van der Waals surface area contributed by atoms with Crippen molar-refractivity contribution in [2.24, 2.45) is 0 Å². The van der Waals surface area contributed by atoms with Crippen LogP contribution in [0.1, 0.15) is 24.2 Å². The number of benzene rings is 1. The molecule has 0 aliphatic heterocycles. The highest BCUT2D eigenvalue weighted by molar-refractivity contribution is 5.96. The van der Waals surface area contributed by atoms with Crippen LogP contribution in [0.3, 0.4) is 0 Å². The Balaban J connectivity index is 2.70. The minimum Gasteiger partial charge on any atom is -0.480 e. The number of carboxylic acids is 1. The summed E-state index contributed by atoms with van der Waals surface area (Å²) in [4.78, 5) is 21.9. The second-order valence-electron chi connectivity index (χ2n) is 3.96. The zero-order valence-corrected chi connectivity index (χ0v) is 9.86. The van der Waals surface area contributed by atoms with Crippen LogP contribution in [0.4, 0.5) is 5.69 Å². The third-order valence-corrected chi connectivity index (χ3v) is 1.98. The molecule has 3 N–H and O–H groups in total. The molecule has 0 saturated heterocycles. The topological polar surface area (TPSA) is 78.4 Å². The zero-order chi connectivity index (χ0) is 12.8. The van der Waals surface area contributed by atoms with E-state index in [9.17, 15) is 9.59 Å². The summed E-state index contributed by atoms with van der Waals surface area (Å²) in [5.74, 6) is -1.45. The van der Waals surface area contributed by atoms with Gasteiger partial charge in [0.25, 0.3) is 5.91 Å². The van der Waals surface area contributed by atoms with Gasteiger partial charge in [0, 0.05) is 17.3 Å². The monoisotopic (exact) mass is 236 g/mol. The van der Waals surface area contributed by atoms with E-state index in [0.29, 0.717) is 5.56 Å². The van der Waals surface area contributed by atoms with E-state index in [1.165, 1.54) is 0 Å². The number of carboxylic acid groups (broad SMARTS) is 1. The number of hydrogen-bond acceptors (Lipinski definition) is 3. The van der Waals surface area contributed by atoms with Crippen LogP contribution in [0.5, 0.6) is 0 Å². The molecule has 0 unspecified atom stereocenters. The molecule has 17 heavy (non-hydrogen) atoms. The largest absolute Gasteiger partial charge is 0.480 e. The lowest BCUT2D eigenvalue weighted by Gasteiger charge is -2.11. The van der Waals surface area contributed by atoms with Gasteiger partial charge < -0.3 is 15.7 Å². The fraction of sp³-hybridized carbons (Fsp3) is 0.333. The van der Waals surface area contributed by atoms with Gasteiger partial charge in [0.15, 0.2) is 0 Å². The lowest BCUT2D eigenvalue weighted by atomic mass is 10.2. The van der Waals surface area contributed by atoms with Crippen molar-refractivity contribution in [1.29, 1.82) is 0 Å². The van der Waals surface area contributed by atoms with Crippen molar-refractivity contribution >= 4 is 17.6 Å². The molecule has 0 atom stereocenters. The van der Waals surface area contributed by atoms with Gasteiger partial charge in [0.1, 0.15) is 6.54 Å². The molecular formula is C12H16N2O3. The molecule has 0 fully saturated rings. The number of carbonyl (C=O) groups is 2. The minimum absolute atomic E-state index is 0.271. The Labute approximate surface area is 99.8 Å². The number of rotatable bonds is 5. The highest BCUT2D eigenvalue weighted by atomic mass is 16.4. The molecule has 1 rings (SSSR count). The van der Waals surface area contributed by atoms with Crippen LogP contribution in [0.25, 0.3) is 0 Å². The highest BCUT2D eigenvalue weighted by Crippen LogP contribution is 2.11. The lowest BCUT2D eigenvalue weighted by Crippen LogP contribution is -2.29. The predicted molar refractivity (Wildman–Crippen MR) is 65.2 cm³/mol. The summed E-state index contributed by atoms with van der Waals surface area (Å²) in [6, 6.07) is 7.21. The van der Waals surface area contributed by atoms with E-state index in [2.05, 4.69) is 10.6 Å². The normalized spacial score (nSPS) is 10.1. The fourth-order valence-corrected chi connectivity index (χ4v) is 1.34. The fourth-order valence-electron chi connectivity index (χ4n) is 1.34. The van der Waals surface area contributed by atoms with E-state index in [4.69, 9.17) is 5.11 Å². The molecule has 0 aromatic heterocycles. The number of aliphatic carboxylic acids is 1. The van der Waals surface area contributed by atoms with Crippen LogP contribution >= 0.6 is 0 Å². The molecule has 5 heteroatoms. The van der Waals surface area contributed by atoms with Crippen LogP contribution < -0.4 is 10.6 Å². The molecule has 0 bridgehead atoms. The SMILES string of the molecule is CC(C)Nc1cccc(C(=O)NCC(=O)O)c1. The van der Waals surface area contributed by atoms with Gasteiger partial charge in [-0.2, -0.15) is 0 Å². The van der Waals surface area contributed by atoms with E-state index in [1.54, 1.807) is 18.2 Å². The van der Waals surface area contributed by atoms with Gasteiger partial charge in [-0.15, -0.1) is 0 Å². The van der Waals surface area contributed by atoms with E-state index >= 15 is 0 Å². The first-order chi connectivity index (χ1) is 7.99. The maximum Gasteiger partial charge on any atom is 0.322 e. The Bertz CT molecular complexity index is 416. The van der Waals surface area contributed by atoms with Crippen molar-refractivity contribution in [3.63, 3.8) is 0 Å². The van der Waals surface area contributed by atoms with Crippen molar-refractivity contribution in [2.45, 2.75) is 19.9 Å². The van der Waals surface area contributed by atoms with Gasteiger partial charge in [-0.05, 0) is 32.0 Å². The van der Waals surface area contributed by atoms with Crippen LogP contribution in [0, 0.1) is 0 Å². The number of hydrogen-bond donors (Lipinski definition) is 3. The lowest BCUT2D eigenvalue weighted by molar-refractivity contribution is -0.135. The van der Waals surface area contributed by atoms with Crippen molar-refractivity contribution in [3.05, 3.63) is 29.8 Å². The van der Waals surface area contributed by atoms with Gasteiger partial charge >= 0.3 is 5.97 Å². The van der Waals surface area contributed by atoms with E-state index in [-0.39, 0.29) is 18.5 Å². The first-order valence-corrected chi connectivity index (χ1v) is 5.35. The first-order valence-electron chi connectivity index (χ1n) is 5.35. The molecule has 0 aliphatic carbocycles. The molecule has 1 amide bonds. The minimum atomic E-state index is -1.06. The van der Waals surface area contributed by atoms with Gasteiger partial charge in [-0.1, -0.05) is 6.07 Å². The van der Waals surface area contributed by atoms with Crippen LogP contribution in [-0.2, 0) is 4.79 Å². The molecule has 1 aromatic rings. The summed E-state index contributed by atoms with van der Waals surface area (Å²) < 4.78 is 0. The molecule has 0 spiro atoms. The van der Waals surface area contributed by atoms with Gasteiger partial charge in [-0.3, -0.25) is 9.59 Å². The predicted octanol–water partition coefficient (Wildman–Crippen LogP) is 1.32. The molecule has 0 radical (unpaired) electrons. The molecule has 0 saturated carbocycles. The van der Waals surface area contributed by atoms with E-state index in [1.807, 2.05) is 19.9 Å². The second kappa shape index (κ2) is 5.89. The number of nitrogens with one attached hydrogen (secondary N) is 2. The molecule has 5 nitrogen and oxygen atoms in total. The Kier molecular flexibility index (Phi) is 4.51. The second-order valence-corrected chi connectivity index (χ2v) is 3.96. The summed E-state index contributed by atoms with van der Waals surface area (Å²) in [6.45, 7) is 3.62. The summed E-state index contributed by atoms with van der Waals surface area (Å²) in [7, 11) is 0. The maximum atomic E-state index is 11.6. The van der Waals surface area contributed by atoms with Crippen LogP contribution in [0.15, 0.2) is 24.3 Å². The number of anilines is 1. The summed E-state index contributed by atoms with van der Waals surface area (Å²) in [5.41, 5.74) is 1.28. The van der Waals surface area contributed by atoms with Gasteiger partial charge in [0.05, 0.1) is 0 Å². The Hall–Kier alpha value is -2.04. The first kappa shape index (κ1) is 13.0. The van der Waals surface area contributed by atoms with E-state index < -0.39 is 5.97 Å². The standard InChI is InChI=1S/C12H16N2O3/c1-8(2)14-10-5-3-4-9(6-10)12(17)13-7-11(15)16/h3-6,8,14H,7H2,1-2H3,(H,13,17)(H,15,16). The Morgan fingerprint density at radius 3 is 2.65 bits per heavy atom. The highest BCUT2D eigenvalue weighted by Gasteiger charge is 2.07. The Morgan fingerprint density at radius 1 is 1.35 bits per heavy atom. The third-order valence-electron chi connectivity index (χ3n) is 1.98. The molecule has 92 valence electrons. The van der Waals surface area contributed by atoms with Gasteiger partial charge in [-0.25, -0.2) is 0 Å².